The van der Waals surface area contributed by atoms with Crippen LogP contribution in [-0.4, -0.2) is 35.1 Å². The molecular weight excluding hydrogens is 332 g/mol. The molecule has 0 radical (unpaired) electrons. The minimum Gasteiger partial charge on any atom is -0.497 e. The molecule has 1 aromatic heterocycles. The molecule has 0 bridgehead atoms. The van der Waals surface area contributed by atoms with Crippen molar-refractivity contribution >= 4 is 28.5 Å². The number of nitrogens with zero attached hydrogens (tertiary/aromatic N) is 3. The Hall–Kier alpha value is -3.35. The number of nitrogens with one attached hydrogen (secondary N) is 1. The SMILES string of the molecule is COc1ccc(N2CC(C(=O)Nn3cnc4ccccc43)CC2=O)cc1. The monoisotopic (exact) mass is 350 g/mol. The summed E-state index contributed by atoms with van der Waals surface area (Å²) in [7, 11) is 1.59. The van der Waals surface area contributed by atoms with Crippen LogP contribution < -0.4 is 15.1 Å². The van der Waals surface area contributed by atoms with Gasteiger partial charge in [0, 0.05) is 18.7 Å². The van der Waals surface area contributed by atoms with Gasteiger partial charge in [-0.05, 0) is 36.4 Å². The number of aromatic nitrogens is 2. The van der Waals surface area contributed by atoms with Crippen LogP contribution in [0.2, 0.25) is 0 Å². The maximum absolute atomic E-state index is 12.6. The first-order valence-corrected chi connectivity index (χ1v) is 8.33. The molecule has 0 aliphatic carbocycles. The molecule has 2 heterocycles. The second-order valence-corrected chi connectivity index (χ2v) is 6.18. The zero-order chi connectivity index (χ0) is 18.1. The molecule has 1 atom stereocenters. The van der Waals surface area contributed by atoms with Gasteiger partial charge in [0.2, 0.25) is 11.8 Å². The predicted molar refractivity (Wildman–Crippen MR) is 97.6 cm³/mol. The first-order chi connectivity index (χ1) is 12.7. The third-order valence-electron chi connectivity index (χ3n) is 4.56. The molecule has 7 heteroatoms. The molecule has 7 nitrogen and oxygen atoms in total. The number of fused-ring (bicyclic) bond motifs is 1. The second kappa shape index (κ2) is 6.51. The lowest BCUT2D eigenvalue weighted by molar-refractivity contribution is -0.123. The highest BCUT2D eigenvalue weighted by Crippen LogP contribution is 2.27. The van der Waals surface area contributed by atoms with Crippen LogP contribution in [0.15, 0.2) is 54.9 Å². The summed E-state index contributed by atoms with van der Waals surface area (Å²) >= 11 is 0. The average Bonchev–Trinajstić information content (AvgIpc) is 3.26. The van der Waals surface area contributed by atoms with E-state index in [9.17, 15) is 9.59 Å². The molecule has 0 spiro atoms. The van der Waals surface area contributed by atoms with E-state index in [0.717, 1.165) is 22.5 Å². The van der Waals surface area contributed by atoms with Crippen LogP contribution in [0.4, 0.5) is 5.69 Å². The summed E-state index contributed by atoms with van der Waals surface area (Å²) in [5.41, 5.74) is 5.22. The largest absolute Gasteiger partial charge is 0.497 e. The normalized spacial score (nSPS) is 16.9. The van der Waals surface area contributed by atoms with Crippen LogP contribution in [0.1, 0.15) is 6.42 Å². The predicted octanol–water partition coefficient (Wildman–Crippen LogP) is 2.17. The van der Waals surface area contributed by atoms with E-state index in [1.165, 1.54) is 0 Å². The van der Waals surface area contributed by atoms with Crippen molar-refractivity contribution in [3.05, 3.63) is 54.9 Å². The fourth-order valence-corrected chi connectivity index (χ4v) is 3.15. The molecule has 3 aromatic rings. The van der Waals surface area contributed by atoms with Crippen LogP contribution in [-0.2, 0) is 9.59 Å². The molecule has 2 amide bonds. The van der Waals surface area contributed by atoms with E-state index in [2.05, 4.69) is 10.4 Å². The van der Waals surface area contributed by atoms with Crippen LogP contribution >= 0.6 is 0 Å². The molecule has 1 N–H and O–H groups in total. The highest BCUT2D eigenvalue weighted by atomic mass is 16.5. The van der Waals surface area contributed by atoms with Gasteiger partial charge in [-0.3, -0.25) is 15.0 Å². The first kappa shape index (κ1) is 16.1. The summed E-state index contributed by atoms with van der Waals surface area (Å²) in [5.74, 6) is 0.0516. The molecule has 0 saturated carbocycles. The van der Waals surface area contributed by atoms with Gasteiger partial charge in [-0.2, -0.15) is 0 Å². The number of ether oxygens (including phenoxy) is 1. The molecule has 4 rings (SSSR count). The fraction of sp³-hybridized carbons (Fsp3) is 0.211. The summed E-state index contributed by atoms with van der Waals surface area (Å²) in [6, 6.07) is 14.8. The van der Waals surface area contributed by atoms with E-state index in [1.54, 1.807) is 35.1 Å². The van der Waals surface area contributed by atoms with Gasteiger partial charge in [-0.25, -0.2) is 9.66 Å². The standard InChI is InChI=1S/C19H18N4O3/c1-26-15-8-6-14(7-9-15)22-11-13(10-18(22)24)19(25)21-23-12-20-16-4-2-3-5-17(16)23/h2-9,12-13H,10-11H2,1H3,(H,21,25). The van der Waals surface area contributed by atoms with Crippen molar-refractivity contribution < 1.29 is 14.3 Å². The van der Waals surface area contributed by atoms with Crippen LogP contribution in [0.5, 0.6) is 5.75 Å². The van der Waals surface area contributed by atoms with Crippen molar-refractivity contribution in [2.24, 2.45) is 5.92 Å². The van der Waals surface area contributed by atoms with E-state index >= 15 is 0 Å². The number of carbonyl (C=O) groups is 2. The number of anilines is 1. The molecule has 1 saturated heterocycles. The Labute approximate surface area is 150 Å². The number of carbonyl (C=O) groups excluding carboxylic acids is 2. The minimum absolute atomic E-state index is 0.0641. The lowest BCUT2D eigenvalue weighted by atomic mass is 10.1. The maximum Gasteiger partial charge on any atom is 0.244 e. The lowest BCUT2D eigenvalue weighted by Gasteiger charge is -2.17. The number of amides is 2. The summed E-state index contributed by atoms with van der Waals surface area (Å²) < 4.78 is 6.73. The highest BCUT2D eigenvalue weighted by Gasteiger charge is 2.35. The Morgan fingerprint density at radius 3 is 2.73 bits per heavy atom. The van der Waals surface area contributed by atoms with E-state index in [0.29, 0.717) is 6.54 Å². The molecule has 2 aromatic carbocycles. The van der Waals surface area contributed by atoms with Gasteiger partial charge in [0.15, 0.2) is 0 Å². The number of benzene rings is 2. The third kappa shape index (κ3) is 2.88. The Balaban J connectivity index is 1.48. The lowest BCUT2D eigenvalue weighted by Crippen LogP contribution is -2.31. The molecule has 1 unspecified atom stereocenters. The van der Waals surface area contributed by atoms with Crippen molar-refractivity contribution in [1.29, 1.82) is 0 Å². The number of methoxy groups -OCH3 is 1. The quantitative estimate of drug-likeness (QED) is 0.782. The van der Waals surface area contributed by atoms with Gasteiger partial charge in [0.25, 0.3) is 0 Å². The number of hydrogen-bond acceptors (Lipinski definition) is 4. The van der Waals surface area contributed by atoms with Crippen molar-refractivity contribution in [3.63, 3.8) is 0 Å². The van der Waals surface area contributed by atoms with Gasteiger partial charge in [-0.1, -0.05) is 12.1 Å². The summed E-state index contributed by atoms with van der Waals surface area (Å²) in [6.07, 6.45) is 1.76. The third-order valence-corrected chi connectivity index (χ3v) is 4.56. The summed E-state index contributed by atoms with van der Waals surface area (Å²) in [6.45, 7) is 0.351. The first-order valence-electron chi connectivity index (χ1n) is 8.33. The Morgan fingerprint density at radius 1 is 1.19 bits per heavy atom. The van der Waals surface area contributed by atoms with Gasteiger partial charge >= 0.3 is 0 Å². The van der Waals surface area contributed by atoms with Crippen molar-refractivity contribution in [2.45, 2.75) is 6.42 Å². The molecular formula is C19H18N4O3. The Kier molecular flexibility index (Phi) is 4.04. The average molecular weight is 350 g/mol. The molecule has 26 heavy (non-hydrogen) atoms. The molecule has 1 fully saturated rings. The molecule has 1 aliphatic heterocycles. The van der Waals surface area contributed by atoms with Crippen LogP contribution in [0.3, 0.4) is 0 Å². The molecule has 132 valence electrons. The smallest absolute Gasteiger partial charge is 0.244 e. The molecule has 1 aliphatic rings. The summed E-state index contributed by atoms with van der Waals surface area (Å²) in [4.78, 5) is 30.9. The maximum atomic E-state index is 12.6. The number of para-hydroxylation sites is 2. The highest BCUT2D eigenvalue weighted by molar-refractivity contribution is 6.02. The van der Waals surface area contributed by atoms with Crippen molar-refractivity contribution in [2.75, 3.05) is 24.0 Å². The van der Waals surface area contributed by atoms with Gasteiger partial charge in [0.1, 0.15) is 12.1 Å². The zero-order valence-electron chi connectivity index (χ0n) is 14.3. The minimum atomic E-state index is -0.411. The van der Waals surface area contributed by atoms with Gasteiger partial charge in [0.05, 0.1) is 24.1 Å². The van der Waals surface area contributed by atoms with Gasteiger partial charge < -0.3 is 9.64 Å². The zero-order valence-corrected chi connectivity index (χ0v) is 14.3. The topological polar surface area (TPSA) is 76.5 Å². The van der Waals surface area contributed by atoms with Crippen molar-refractivity contribution in [3.8, 4) is 5.75 Å². The number of hydrogen-bond donors (Lipinski definition) is 1. The fourth-order valence-electron chi connectivity index (χ4n) is 3.15. The van der Waals surface area contributed by atoms with Crippen molar-refractivity contribution in [1.82, 2.24) is 9.66 Å². The Morgan fingerprint density at radius 2 is 1.96 bits per heavy atom. The van der Waals surface area contributed by atoms with Crippen LogP contribution in [0, 0.1) is 5.92 Å². The Bertz CT molecular complexity index is 964. The second-order valence-electron chi connectivity index (χ2n) is 6.18. The van der Waals surface area contributed by atoms with E-state index in [-0.39, 0.29) is 18.2 Å². The van der Waals surface area contributed by atoms with Gasteiger partial charge in [-0.15, -0.1) is 0 Å². The van der Waals surface area contributed by atoms with E-state index < -0.39 is 5.92 Å². The van der Waals surface area contributed by atoms with Crippen LogP contribution in [0.25, 0.3) is 11.0 Å². The van der Waals surface area contributed by atoms with E-state index in [1.807, 2.05) is 36.4 Å². The van der Waals surface area contributed by atoms with E-state index in [4.69, 9.17) is 4.74 Å². The number of imidazole rings is 1. The number of rotatable bonds is 4. The summed E-state index contributed by atoms with van der Waals surface area (Å²) in [5, 5.41) is 0.